The molecular weight excluding hydrogens is 342 g/mol. The zero-order valence-electron chi connectivity index (χ0n) is 13.0. The number of thiazole rings is 1. The molecule has 0 atom stereocenters. The quantitative estimate of drug-likeness (QED) is 0.775. The standard InChI is InChI=1S/C17H17N3O2S2/c21-16(14-2-1-9-23-14)19-17-18-13-4-3-12(10-15(13)24-17)11-20-5-7-22-8-6-20/h1-4,9-10H,5-8,11H2,(H,18,19,21). The van der Waals surface area contributed by atoms with Crippen LogP contribution in [-0.2, 0) is 11.3 Å². The highest BCUT2D eigenvalue weighted by Gasteiger charge is 2.13. The number of ether oxygens (including phenoxy) is 1. The molecule has 0 saturated carbocycles. The fourth-order valence-corrected chi connectivity index (χ4v) is 4.25. The maximum atomic E-state index is 12.1. The van der Waals surface area contributed by atoms with Gasteiger partial charge in [-0.2, -0.15) is 0 Å². The van der Waals surface area contributed by atoms with Gasteiger partial charge in [0.25, 0.3) is 5.91 Å². The van der Waals surface area contributed by atoms with Gasteiger partial charge in [-0.3, -0.25) is 15.0 Å². The number of morpholine rings is 1. The van der Waals surface area contributed by atoms with E-state index in [-0.39, 0.29) is 5.91 Å². The van der Waals surface area contributed by atoms with Crippen molar-refractivity contribution in [1.29, 1.82) is 0 Å². The summed E-state index contributed by atoms with van der Waals surface area (Å²) >= 11 is 2.95. The summed E-state index contributed by atoms with van der Waals surface area (Å²) in [6.45, 7) is 4.49. The summed E-state index contributed by atoms with van der Waals surface area (Å²) in [5, 5.41) is 5.43. The number of hydrogen-bond acceptors (Lipinski definition) is 6. The number of amides is 1. The molecule has 3 aromatic rings. The highest BCUT2D eigenvalue weighted by atomic mass is 32.1. The second-order valence-electron chi connectivity index (χ2n) is 5.64. The van der Waals surface area contributed by atoms with Crippen molar-refractivity contribution in [2.45, 2.75) is 6.54 Å². The summed E-state index contributed by atoms with van der Waals surface area (Å²) in [6, 6.07) is 10.00. The monoisotopic (exact) mass is 359 g/mol. The second-order valence-corrected chi connectivity index (χ2v) is 7.62. The summed E-state index contributed by atoms with van der Waals surface area (Å²) in [5.74, 6) is -0.0994. The average molecular weight is 359 g/mol. The first-order valence-electron chi connectivity index (χ1n) is 7.82. The number of hydrogen-bond donors (Lipinski definition) is 1. The lowest BCUT2D eigenvalue weighted by molar-refractivity contribution is 0.0342. The molecule has 4 rings (SSSR count). The van der Waals surface area contributed by atoms with E-state index in [9.17, 15) is 4.79 Å². The van der Waals surface area contributed by atoms with Crippen LogP contribution in [0.2, 0.25) is 0 Å². The molecule has 1 fully saturated rings. The Morgan fingerprint density at radius 2 is 2.17 bits per heavy atom. The van der Waals surface area contributed by atoms with Gasteiger partial charge in [0.05, 0.1) is 28.3 Å². The second kappa shape index (κ2) is 6.98. The van der Waals surface area contributed by atoms with Gasteiger partial charge in [0.2, 0.25) is 0 Å². The van der Waals surface area contributed by atoms with Crippen LogP contribution in [0, 0.1) is 0 Å². The minimum atomic E-state index is -0.0994. The predicted molar refractivity (Wildman–Crippen MR) is 98.0 cm³/mol. The predicted octanol–water partition coefficient (Wildman–Crippen LogP) is 3.44. The summed E-state index contributed by atoms with van der Waals surface area (Å²) < 4.78 is 6.49. The molecule has 7 heteroatoms. The molecule has 0 spiro atoms. The first-order valence-corrected chi connectivity index (χ1v) is 9.52. The molecule has 0 aliphatic carbocycles. The molecule has 2 aromatic heterocycles. The van der Waals surface area contributed by atoms with Crippen molar-refractivity contribution in [1.82, 2.24) is 9.88 Å². The molecule has 24 heavy (non-hydrogen) atoms. The van der Waals surface area contributed by atoms with Crippen molar-refractivity contribution >= 4 is 43.9 Å². The lowest BCUT2D eigenvalue weighted by atomic mass is 10.2. The Morgan fingerprint density at radius 3 is 2.96 bits per heavy atom. The Kier molecular flexibility index (Phi) is 4.57. The third-order valence-electron chi connectivity index (χ3n) is 3.93. The maximum absolute atomic E-state index is 12.1. The molecule has 124 valence electrons. The first-order chi connectivity index (χ1) is 11.8. The molecule has 1 saturated heterocycles. The summed E-state index contributed by atoms with van der Waals surface area (Å²) in [6.07, 6.45) is 0. The number of carbonyl (C=O) groups excluding carboxylic acids is 1. The van der Waals surface area contributed by atoms with Gasteiger partial charge in [-0.15, -0.1) is 11.3 Å². The lowest BCUT2D eigenvalue weighted by Gasteiger charge is -2.26. The molecule has 0 unspecified atom stereocenters. The zero-order chi connectivity index (χ0) is 16.4. The van der Waals surface area contributed by atoms with Gasteiger partial charge in [-0.05, 0) is 29.1 Å². The first kappa shape index (κ1) is 15.7. The number of benzene rings is 1. The highest BCUT2D eigenvalue weighted by molar-refractivity contribution is 7.22. The van der Waals surface area contributed by atoms with E-state index in [1.54, 1.807) is 0 Å². The van der Waals surface area contributed by atoms with Gasteiger partial charge in [0.15, 0.2) is 5.13 Å². The number of nitrogens with one attached hydrogen (secondary N) is 1. The Labute approximate surface area is 147 Å². The molecular formula is C17H17N3O2S2. The van der Waals surface area contributed by atoms with Crippen molar-refractivity contribution in [2.24, 2.45) is 0 Å². The van der Waals surface area contributed by atoms with Crippen LogP contribution in [0.3, 0.4) is 0 Å². The SMILES string of the molecule is O=C(Nc1nc2ccc(CN3CCOCC3)cc2s1)c1cccs1. The molecule has 1 aliphatic heterocycles. The molecule has 0 radical (unpaired) electrons. The molecule has 1 aliphatic rings. The number of thiophene rings is 1. The van der Waals surface area contributed by atoms with Crippen LogP contribution in [-0.4, -0.2) is 42.1 Å². The third-order valence-corrected chi connectivity index (χ3v) is 5.73. The zero-order valence-corrected chi connectivity index (χ0v) is 14.7. The van der Waals surface area contributed by atoms with Gasteiger partial charge >= 0.3 is 0 Å². The van der Waals surface area contributed by atoms with Crippen molar-refractivity contribution in [3.63, 3.8) is 0 Å². The summed E-state index contributed by atoms with van der Waals surface area (Å²) in [7, 11) is 0. The molecule has 1 amide bonds. The Balaban J connectivity index is 1.49. The van der Waals surface area contributed by atoms with E-state index in [1.807, 2.05) is 23.6 Å². The molecule has 5 nitrogen and oxygen atoms in total. The van der Waals surface area contributed by atoms with Crippen molar-refractivity contribution < 1.29 is 9.53 Å². The fourth-order valence-electron chi connectivity index (χ4n) is 2.70. The minimum absolute atomic E-state index is 0.0994. The normalized spacial score (nSPS) is 15.7. The van der Waals surface area contributed by atoms with Crippen LogP contribution < -0.4 is 5.32 Å². The van der Waals surface area contributed by atoms with Gasteiger partial charge in [0, 0.05) is 19.6 Å². The van der Waals surface area contributed by atoms with Gasteiger partial charge in [-0.25, -0.2) is 4.98 Å². The summed E-state index contributed by atoms with van der Waals surface area (Å²) in [5.41, 5.74) is 2.19. The maximum Gasteiger partial charge on any atom is 0.267 e. The van der Waals surface area contributed by atoms with Crippen molar-refractivity contribution in [3.05, 3.63) is 46.2 Å². The number of anilines is 1. The van der Waals surface area contributed by atoms with Gasteiger partial charge < -0.3 is 4.74 Å². The average Bonchev–Trinajstić information content (AvgIpc) is 3.24. The van der Waals surface area contributed by atoms with Crippen molar-refractivity contribution in [2.75, 3.05) is 31.6 Å². The minimum Gasteiger partial charge on any atom is -0.379 e. The van der Waals surface area contributed by atoms with Crippen LogP contribution in [0.4, 0.5) is 5.13 Å². The number of aromatic nitrogens is 1. The highest BCUT2D eigenvalue weighted by Crippen LogP contribution is 2.28. The van der Waals surface area contributed by atoms with E-state index in [4.69, 9.17) is 4.74 Å². The largest absolute Gasteiger partial charge is 0.379 e. The van der Waals surface area contributed by atoms with E-state index in [2.05, 4.69) is 27.3 Å². The van der Waals surface area contributed by atoms with Gasteiger partial charge in [-0.1, -0.05) is 23.5 Å². The Hall–Kier alpha value is -1.80. The number of fused-ring (bicyclic) bond motifs is 1. The van der Waals surface area contributed by atoms with E-state index in [0.717, 1.165) is 43.1 Å². The molecule has 1 N–H and O–H groups in total. The third kappa shape index (κ3) is 3.49. The van der Waals surface area contributed by atoms with E-state index in [1.165, 1.54) is 28.2 Å². The molecule has 3 heterocycles. The van der Waals surface area contributed by atoms with Crippen LogP contribution in [0.15, 0.2) is 35.7 Å². The Morgan fingerprint density at radius 1 is 1.29 bits per heavy atom. The number of nitrogens with zero attached hydrogens (tertiary/aromatic N) is 2. The molecule has 0 bridgehead atoms. The van der Waals surface area contributed by atoms with Crippen LogP contribution in [0.5, 0.6) is 0 Å². The topological polar surface area (TPSA) is 54.5 Å². The van der Waals surface area contributed by atoms with Crippen LogP contribution >= 0.6 is 22.7 Å². The Bertz CT molecular complexity index is 839. The summed E-state index contributed by atoms with van der Waals surface area (Å²) in [4.78, 5) is 19.7. The van der Waals surface area contributed by atoms with Crippen LogP contribution in [0.1, 0.15) is 15.2 Å². The van der Waals surface area contributed by atoms with E-state index >= 15 is 0 Å². The van der Waals surface area contributed by atoms with Gasteiger partial charge in [0.1, 0.15) is 0 Å². The smallest absolute Gasteiger partial charge is 0.267 e. The number of rotatable bonds is 4. The fraction of sp³-hybridized carbons (Fsp3) is 0.294. The van der Waals surface area contributed by atoms with Crippen LogP contribution in [0.25, 0.3) is 10.2 Å². The van der Waals surface area contributed by atoms with E-state index < -0.39 is 0 Å². The molecule has 1 aromatic carbocycles. The van der Waals surface area contributed by atoms with E-state index in [0.29, 0.717) is 10.0 Å². The van der Waals surface area contributed by atoms with Crippen molar-refractivity contribution in [3.8, 4) is 0 Å². The number of carbonyl (C=O) groups is 1. The lowest BCUT2D eigenvalue weighted by Crippen LogP contribution is -2.35.